The van der Waals surface area contributed by atoms with Crippen LogP contribution in [0.3, 0.4) is 0 Å². The predicted octanol–water partition coefficient (Wildman–Crippen LogP) is 3.46. The van der Waals surface area contributed by atoms with E-state index in [1.165, 1.54) is 0 Å². The molecule has 0 spiro atoms. The number of nitrogens with two attached hydrogens (primary N) is 1. The maximum atomic E-state index is 12.7. The highest BCUT2D eigenvalue weighted by Crippen LogP contribution is 2.29. The molecule has 130 valence electrons. The van der Waals surface area contributed by atoms with Crippen LogP contribution in [0.5, 0.6) is 0 Å². The molecule has 1 fully saturated rings. The minimum atomic E-state index is -0.0670. The van der Waals surface area contributed by atoms with E-state index >= 15 is 0 Å². The SMILES string of the molecule is CC1(C)CN(C(=O)c2cc(-c3ccc(Br)cc3)n[nH]2)CCC1N.Cl. The summed E-state index contributed by atoms with van der Waals surface area (Å²) in [5.41, 5.74) is 8.35. The number of hydrogen-bond acceptors (Lipinski definition) is 3. The van der Waals surface area contributed by atoms with Gasteiger partial charge in [0.1, 0.15) is 5.69 Å². The number of carbonyl (C=O) groups is 1. The van der Waals surface area contributed by atoms with E-state index in [4.69, 9.17) is 5.73 Å². The van der Waals surface area contributed by atoms with Gasteiger partial charge in [0.15, 0.2) is 0 Å². The molecule has 3 N–H and O–H groups in total. The minimum Gasteiger partial charge on any atom is -0.337 e. The summed E-state index contributed by atoms with van der Waals surface area (Å²) in [7, 11) is 0. The Morgan fingerprint density at radius 3 is 2.67 bits per heavy atom. The molecule has 3 rings (SSSR count). The van der Waals surface area contributed by atoms with E-state index in [1.54, 1.807) is 0 Å². The molecule has 2 heterocycles. The Morgan fingerprint density at radius 1 is 1.38 bits per heavy atom. The van der Waals surface area contributed by atoms with Gasteiger partial charge in [-0.3, -0.25) is 9.89 Å². The third-order valence-electron chi connectivity index (χ3n) is 4.55. The molecule has 2 aromatic rings. The van der Waals surface area contributed by atoms with Gasteiger partial charge in [-0.1, -0.05) is 41.9 Å². The van der Waals surface area contributed by atoms with Crippen molar-refractivity contribution in [2.24, 2.45) is 11.1 Å². The molecular formula is C17H22BrClN4O. The molecule has 1 aromatic heterocycles. The van der Waals surface area contributed by atoms with E-state index < -0.39 is 0 Å². The summed E-state index contributed by atoms with van der Waals surface area (Å²) in [5, 5.41) is 7.14. The first-order valence-electron chi connectivity index (χ1n) is 7.73. The molecule has 1 amide bonds. The van der Waals surface area contributed by atoms with Gasteiger partial charge in [-0.05, 0) is 30.0 Å². The maximum absolute atomic E-state index is 12.7. The van der Waals surface area contributed by atoms with Crippen molar-refractivity contribution in [2.45, 2.75) is 26.3 Å². The van der Waals surface area contributed by atoms with Crippen molar-refractivity contribution in [1.82, 2.24) is 15.1 Å². The van der Waals surface area contributed by atoms with Gasteiger partial charge in [-0.15, -0.1) is 12.4 Å². The zero-order valence-corrected chi connectivity index (χ0v) is 16.2. The normalized spacial score (nSPS) is 19.7. The number of amides is 1. The Hall–Kier alpha value is -1.37. The van der Waals surface area contributed by atoms with E-state index in [2.05, 4.69) is 40.0 Å². The summed E-state index contributed by atoms with van der Waals surface area (Å²) in [6, 6.07) is 9.80. The molecule has 5 nitrogen and oxygen atoms in total. The molecule has 0 bridgehead atoms. The topological polar surface area (TPSA) is 75.0 Å². The lowest BCUT2D eigenvalue weighted by Gasteiger charge is -2.42. The zero-order chi connectivity index (χ0) is 16.6. The van der Waals surface area contributed by atoms with Crippen molar-refractivity contribution in [1.29, 1.82) is 0 Å². The van der Waals surface area contributed by atoms with Crippen LogP contribution in [-0.2, 0) is 0 Å². The summed E-state index contributed by atoms with van der Waals surface area (Å²) < 4.78 is 1.01. The number of benzene rings is 1. The van der Waals surface area contributed by atoms with Crippen LogP contribution in [0.15, 0.2) is 34.8 Å². The third kappa shape index (κ3) is 3.82. The molecule has 1 aliphatic heterocycles. The molecular weight excluding hydrogens is 392 g/mol. The molecule has 1 aromatic carbocycles. The van der Waals surface area contributed by atoms with Gasteiger partial charge in [-0.25, -0.2) is 0 Å². The number of aromatic amines is 1. The van der Waals surface area contributed by atoms with Gasteiger partial charge in [0.25, 0.3) is 5.91 Å². The average molecular weight is 414 g/mol. The van der Waals surface area contributed by atoms with Crippen LogP contribution in [0.4, 0.5) is 0 Å². The highest BCUT2D eigenvalue weighted by atomic mass is 79.9. The first-order chi connectivity index (χ1) is 10.9. The molecule has 0 aliphatic carbocycles. The predicted molar refractivity (Wildman–Crippen MR) is 101 cm³/mol. The van der Waals surface area contributed by atoms with E-state index in [9.17, 15) is 4.79 Å². The summed E-state index contributed by atoms with van der Waals surface area (Å²) in [6.45, 7) is 5.57. The van der Waals surface area contributed by atoms with Gasteiger partial charge in [0, 0.05) is 29.2 Å². The number of nitrogens with one attached hydrogen (secondary N) is 1. The Kier molecular flexibility index (Phi) is 5.73. The van der Waals surface area contributed by atoms with Gasteiger partial charge in [0.05, 0.1) is 5.69 Å². The van der Waals surface area contributed by atoms with E-state index in [0.717, 1.165) is 22.2 Å². The Bertz CT molecular complexity index is 714. The molecule has 1 saturated heterocycles. The minimum absolute atomic E-state index is 0. The van der Waals surface area contributed by atoms with E-state index in [1.807, 2.05) is 35.2 Å². The quantitative estimate of drug-likeness (QED) is 0.791. The number of halogens is 2. The number of rotatable bonds is 2. The van der Waals surface area contributed by atoms with Crippen molar-refractivity contribution in [3.8, 4) is 11.3 Å². The largest absolute Gasteiger partial charge is 0.337 e. The fraction of sp³-hybridized carbons (Fsp3) is 0.412. The molecule has 24 heavy (non-hydrogen) atoms. The fourth-order valence-corrected chi connectivity index (χ4v) is 3.18. The average Bonchev–Trinajstić information content (AvgIpc) is 3.00. The lowest BCUT2D eigenvalue weighted by molar-refractivity contribution is 0.0527. The van der Waals surface area contributed by atoms with E-state index in [-0.39, 0.29) is 29.8 Å². The van der Waals surface area contributed by atoms with E-state index in [0.29, 0.717) is 18.8 Å². The van der Waals surface area contributed by atoms with Gasteiger partial charge >= 0.3 is 0 Å². The third-order valence-corrected chi connectivity index (χ3v) is 5.08. The first kappa shape index (κ1) is 19.0. The zero-order valence-electron chi connectivity index (χ0n) is 13.8. The van der Waals surface area contributed by atoms with Crippen LogP contribution in [0, 0.1) is 5.41 Å². The number of carbonyl (C=O) groups excluding carboxylic acids is 1. The van der Waals surface area contributed by atoms with Crippen molar-refractivity contribution >= 4 is 34.2 Å². The lowest BCUT2D eigenvalue weighted by atomic mass is 9.79. The first-order valence-corrected chi connectivity index (χ1v) is 8.52. The highest BCUT2D eigenvalue weighted by molar-refractivity contribution is 9.10. The number of likely N-dealkylation sites (tertiary alicyclic amines) is 1. The van der Waals surface area contributed by atoms with Crippen LogP contribution >= 0.6 is 28.3 Å². The maximum Gasteiger partial charge on any atom is 0.271 e. The Morgan fingerprint density at radius 2 is 2.04 bits per heavy atom. The fourth-order valence-electron chi connectivity index (χ4n) is 2.92. The van der Waals surface area contributed by atoms with Crippen LogP contribution in [-0.4, -0.2) is 40.1 Å². The van der Waals surface area contributed by atoms with Crippen LogP contribution in [0.1, 0.15) is 30.8 Å². The number of piperidine rings is 1. The Labute approximate surface area is 156 Å². The van der Waals surface area contributed by atoms with Crippen molar-refractivity contribution in [2.75, 3.05) is 13.1 Å². The number of aromatic nitrogens is 2. The summed E-state index contributed by atoms with van der Waals surface area (Å²) >= 11 is 3.41. The van der Waals surface area contributed by atoms with Crippen molar-refractivity contribution in [3.63, 3.8) is 0 Å². The second kappa shape index (κ2) is 7.25. The lowest BCUT2D eigenvalue weighted by Crippen LogP contribution is -2.54. The summed E-state index contributed by atoms with van der Waals surface area (Å²) in [5.74, 6) is -0.0131. The number of hydrogen-bond donors (Lipinski definition) is 2. The summed E-state index contributed by atoms with van der Waals surface area (Å²) in [4.78, 5) is 14.6. The molecule has 0 radical (unpaired) electrons. The van der Waals surface area contributed by atoms with Gasteiger partial charge in [0.2, 0.25) is 0 Å². The molecule has 0 saturated carbocycles. The highest BCUT2D eigenvalue weighted by Gasteiger charge is 2.36. The van der Waals surface area contributed by atoms with Crippen LogP contribution in [0.25, 0.3) is 11.3 Å². The van der Waals surface area contributed by atoms with Gasteiger partial charge in [-0.2, -0.15) is 5.10 Å². The van der Waals surface area contributed by atoms with Gasteiger partial charge < -0.3 is 10.6 Å². The Balaban J connectivity index is 0.00000208. The number of nitrogens with zero attached hydrogens (tertiary/aromatic N) is 2. The summed E-state index contributed by atoms with van der Waals surface area (Å²) in [6.07, 6.45) is 0.826. The number of H-pyrrole nitrogens is 1. The smallest absolute Gasteiger partial charge is 0.271 e. The molecule has 1 aliphatic rings. The second-order valence-electron chi connectivity index (χ2n) is 6.78. The molecule has 1 atom stereocenters. The molecule has 1 unspecified atom stereocenters. The molecule has 7 heteroatoms. The second-order valence-corrected chi connectivity index (χ2v) is 7.70. The monoisotopic (exact) mass is 412 g/mol. The van der Waals surface area contributed by atoms with Crippen molar-refractivity contribution < 1.29 is 4.79 Å². The van der Waals surface area contributed by atoms with Crippen LogP contribution in [0.2, 0.25) is 0 Å². The van der Waals surface area contributed by atoms with Crippen LogP contribution < -0.4 is 5.73 Å². The standard InChI is InChI=1S/C17H21BrN4O.ClH/c1-17(2)10-22(8-7-15(17)19)16(23)14-9-13(20-21-14)11-3-5-12(18)6-4-11;/h3-6,9,15H,7-8,10,19H2,1-2H3,(H,20,21);1H. The van der Waals surface area contributed by atoms with Crippen molar-refractivity contribution in [3.05, 3.63) is 40.5 Å².